The van der Waals surface area contributed by atoms with Crippen molar-refractivity contribution in [2.24, 2.45) is 11.8 Å². The number of urea groups is 1. The van der Waals surface area contributed by atoms with Crippen LogP contribution in [0.4, 0.5) is 4.79 Å². The van der Waals surface area contributed by atoms with E-state index in [-0.39, 0.29) is 18.0 Å². The third-order valence-corrected chi connectivity index (χ3v) is 3.97. The first-order valence-electron chi connectivity index (χ1n) is 7.69. The second kappa shape index (κ2) is 8.12. The maximum absolute atomic E-state index is 12.0. The first kappa shape index (κ1) is 16.8. The van der Waals surface area contributed by atoms with E-state index < -0.39 is 5.97 Å². The molecule has 0 aliphatic carbocycles. The van der Waals surface area contributed by atoms with E-state index in [4.69, 9.17) is 5.11 Å². The standard InChI is InChI=1S/C15H28N2O3/c1-11(2)6-4-5-8-16-15(20)17-9-7-13(14(18)19)10-12(17)3/h11-13H,4-10H2,1-3H3,(H,16,20)(H,18,19). The van der Waals surface area contributed by atoms with Gasteiger partial charge in [0.25, 0.3) is 0 Å². The molecule has 1 rings (SSSR count). The van der Waals surface area contributed by atoms with Gasteiger partial charge in [0, 0.05) is 19.1 Å². The number of hydrogen-bond acceptors (Lipinski definition) is 2. The zero-order valence-electron chi connectivity index (χ0n) is 12.9. The van der Waals surface area contributed by atoms with Gasteiger partial charge >= 0.3 is 12.0 Å². The molecule has 1 saturated heterocycles. The minimum Gasteiger partial charge on any atom is -0.481 e. The van der Waals surface area contributed by atoms with Crippen LogP contribution in [0.3, 0.4) is 0 Å². The van der Waals surface area contributed by atoms with Crippen LogP contribution >= 0.6 is 0 Å². The number of carbonyl (C=O) groups excluding carboxylic acids is 1. The molecule has 2 N–H and O–H groups in total. The molecule has 1 aliphatic heterocycles. The van der Waals surface area contributed by atoms with E-state index in [1.165, 1.54) is 6.42 Å². The summed E-state index contributed by atoms with van der Waals surface area (Å²) in [5.41, 5.74) is 0. The monoisotopic (exact) mass is 284 g/mol. The van der Waals surface area contributed by atoms with Crippen LogP contribution in [-0.4, -0.2) is 41.1 Å². The molecule has 0 saturated carbocycles. The zero-order chi connectivity index (χ0) is 15.1. The number of rotatable bonds is 6. The number of hydrogen-bond donors (Lipinski definition) is 2. The van der Waals surface area contributed by atoms with Gasteiger partial charge in [-0.15, -0.1) is 0 Å². The van der Waals surface area contributed by atoms with Crippen LogP contribution in [0.1, 0.15) is 52.9 Å². The highest BCUT2D eigenvalue weighted by Gasteiger charge is 2.31. The molecule has 0 aromatic heterocycles. The van der Waals surface area contributed by atoms with E-state index in [0.717, 1.165) is 12.8 Å². The van der Waals surface area contributed by atoms with Crippen LogP contribution in [0, 0.1) is 11.8 Å². The highest BCUT2D eigenvalue weighted by molar-refractivity contribution is 5.75. The lowest BCUT2D eigenvalue weighted by Crippen LogP contribution is -2.50. The predicted molar refractivity (Wildman–Crippen MR) is 78.6 cm³/mol. The van der Waals surface area contributed by atoms with Gasteiger partial charge in [-0.3, -0.25) is 4.79 Å². The molecule has 0 bridgehead atoms. The Morgan fingerprint density at radius 3 is 2.60 bits per heavy atom. The number of unbranched alkanes of at least 4 members (excludes halogenated alkanes) is 1. The van der Waals surface area contributed by atoms with Crippen molar-refractivity contribution < 1.29 is 14.7 Å². The van der Waals surface area contributed by atoms with E-state index in [9.17, 15) is 9.59 Å². The van der Waals surface area contributed by atoms with E-state index in [2.05, 4.69) is 19.2 Å². The average molecular weight is 284 g/mol. The summed E-state index contributed by atoms with van der Waals surface area (Å²) in [7, 11) is 0. The summed E-state index contributed by atoms with van der Waals surface area (Å²) in [5.74, 6) is -0.341. The molecule has 116 valence electrons. The van der Waals surface area contributed by atoms with Gasteiger partial charge < -0.3 is 15.3 Å². The van der Waals surface area contributed by atoms with E-state index in [0.29, 0.717) is 31.8 Å². The fourth-order valence-corrected chi connectivity index (χ4v) is 2.67. The number of aliphatic carboxylic acids is 1. The molecule has 0 aromatic carbocycles. The van der Waals surface area contributed by atoms with Crippen LogP contribution in [0.2, 0.25) is 0 Å². The molecular weight excluding hydrogens is 256 g/mol. The summed E-state index contributed by atoms with van der Waals surface area (Å²) in [6, 6.07) is -0.0496. The van der Waals surface area contributed by atoms with Crippen molar-refractivity contribution in [3.8, 4) is 0 Å². The fourth-order valence-electron chi connectivity index (χ4n) is 2.67. The SMILES string of the molecule is CC(C)CCCCNC(=O)N1CCC(C(=O)O)CC1C. The second-order valence-electron chi connectivity index (χ2n) is 6.22. The quantitative estimate of drug-likeness (QED) is 0.737. The maximum atomic E-state index is 12.0. The molecule has 1 aliphatic rings. The summed E-state index contributed by atoms with van der Waals surface area (Å²) in [5, 5.41) is 11.9. The van der Waals surface area contributed by atoms with Crippen LogP contribution < -0.4 is 5.32 Å². The largest absolute Gasteiger partial charge is 0.481 e. The number of carboxylic acids is 1. The lowest BCUT2D eigenvalue weighted by Gasteiger charge is -2.36. The number of nitrogens with zero attached hydrogens (tertiary/aromatic N) is 1. The van der Waals surface area contributed by atoms with Crippen molar-refractivity contribution in [1.82, 2.24) is 10.2 Å². The number of amides is 2. The van der Waals surface area contributed by atoms with E-state index in [1.54, 1.807) is 4.90 Å². The normalized spacial score (nSPS) is 22.9. The van der Waals surface area contributed by atoms with Crippen LogP contribution in [0.25, 0.3) is 0 Å². The van der Waals surface area contributed by atoms with Crippen molar-refractivity contribution in [2.45, 2.75) is 58.9 Å². The summed E-state index contributed by atoms with van der Waals surface area (Å²) in [6.07, 6.45) is 4.44. The molecule has 2 atom stereocenters. The smallest absolute Gasteiger partial charge is 0.317 e. The van der Waals surface area contributed by atoms with Crippen LogP contribution in [0.15, 0.2) is 0 Å². The molecule has 0 aromatic rings. The minimum atomic E-state index is -0.745. The molecule has 20 heavy (non-hydrogen) atoms. The van der Waals surface area contributed by atoms with Gasteiger partial charge in [0.1, 0.15) is 0 Å². The molecule has 0 radical (unpaired) electrons. The van der Waals surface area contributed by atoms with Gasteiger partial charge in [-0.1, -0.05) is 26.7 Å². The minimum absolute atomic E-state index is 0.000476. The lowest BCUT2D eigenvalue weighted by molar-refractivity contribution is -0.143. The molecule has 5 nitrogen and oxygen atoms in total. The Morgan fingerprint density at radius 1 is 1.35 bits per heavy atom. The Balaban J connectivity index is 2.25. The highest BCUT2D eigenvalue weighted by Crippen LogP contribution is 2.22. The number of nitrogens with one attached hydrogen (secondary N) is 1. The van der Waals surface area contributed by atoms with E-state index >= 15 is 0 Å². The summed E-state index contributed by atoms with van der Waals surface area (Å²) in [6.45, 7) is 7.57. The zero-order valence-corrected chi connectivity index (χ0v) is 12.9. The first-order valence-corrected chi connectivity index (χ1v) is 7.69. The van der Waals surface area contributed by atoms with Gasteiger partial charge in [0.2, 0.25) is 0 Å². The lowest BCUT2D eigenvalue weighted by atomic mass is 9.92. The maximum Gasteiger partial charge on any atom is 0.317 e. The highest BCUT2D eigenvalue weighted by atomic mass is 16.4. The Labute approximate surface area is 121 Å². The van der Waals surface area contributed by atoms with E-state index in [1.807, 2.05) is 6.92 Å². The van der Waals surface area contributed by atoms with Crippen LogP contribution in [0.5, 0.6) is 0 Å². The van der Waals surface area contributed by atoms with Gasteiger partial charge in [-0.2, -0.15) is 0 Å². The first-order chi connectivity index (χ1) is 9.41. The average Bonchev–Trinajstić information content (AvgIpc) is 2.37. The Bertz CT molecular complexity index is 331. The molecule has 5 heteroatoms. The Kier molecular flexibility index (Phi) is 6.82. The van der Waals surface area contributed by atoms with Gasteiger partial charge in [-0.05, 0) is 32.1 Å². The summed E-state index contributed by atoms with van der Waals surface area (Å²) in [4.78, 5) is 24.8. The number of piperidine rings is 1. The molecular formula is C15H28N2O3. The van der Waals surface area contributed by atoms with Gasteiger partial charge in [0.05, 0.1) is 5.92 Å². The molecule has 0 spiro atoms. The van der Waals surface area contributed by atoms with Crippen LogP contribution in [-0.2, 0) is 4.79 Å². The Hall–Kier alpha value is -1.26. The van der Waals surface area contributed by atoms with Gasteiger partial charge in [-0.25, -0.2) is 4.79 Å². The predicted octanol–water partition coefficient (Wildman–Crippen LogP) is 2.71. The van der Waals surface area contributed by atoms with Crippen molar-refractivity contribution >= 4 is 12.0 Å². The molecule has 1 fully saturated rings. The second-order valence-corrected chi connectivity index (χ2v) is 6.22. The fraction of sp³-hybridized carbons (Fsp3) is 0.867. The molecule has 2 unspecified atom stereocenters. The third kappa shape index (κ3) is 5.39. The van der Waals surface area contributed by atoms with Crippen molar-refractivity contribution in [1.29, 1.82) is 0 Å². The number of carbonyl (C=O) groups is 2. The Morgan fingerprint density at radius 2 is 2.05 bits per heavy atom. The van der Waals surface area contributed by atoms with Crippen molar-refractivity contribution in [3.63, 3.8) is 0 Å². The summed E-state index contributed by atoms with van der Waals surface area (Å²) < 4.78 is 0. The summed E-state index contributed by atoms with van der Waals surface area (Å²) >= 11 is 0. The number of carboxylic acid groups (broad SMARTS) is 1. The molecule has 1 heterocycles. The number of likely N-dealkylation sites (tertiary alicyclic amines) is 1. The van der Waals surface area contributed by atoms with Gasteiger partial charge in [0.15, 0.2) is 0 Å². The topological polar surface area (TPSA) is 69.6 Å². The van der Waals surface area contributed by atoms with Crippen molar-refractivity contribution in [2.75, 3.05) is 13.1 Å². The van der Waals surface area contributed by atoms with Crippen molar-refractivity contribution in [3.05, 3.63) is 0 Å². The molecule has 2 amide bonds. The third-order valence-electron chi connectivity index (χ3n) is 3.97.